The Labute approximate surface area is 85.7 Å². The molecule has 14 heavy (non-hydrogen) atoms. The van der Waals surface area contributed by atoms with E-state index in [2.05, 4.69) is 18.0 Å². The van der Waals surface area contributed by atoms with Crippen LogP contribution in [0.2, 0.25) is 0 Å². The quantitative estimate of drug-likeness (QED) is 0.543. The third-order valence-corrected chi connectivity index (χ3v) is 2.15. The summed E-state index contributed by atoms with van der Waals surface area (Å²) in [6, 6.07) is 0. The molecule has 0 aromatic heterocycles. The molecule has 1 aliphatic rings. The third-order valence-electron chi connectivity index (χ3n) is 2.15. The summed E-state index contributed by atoms with van der Waals surface area (Å²) in [7, 11) is 1.64. The van der Waals surface area contributed by atoms with Gasteiger partial charge in [-0.05, 0) is 30.2 Å². The summed E-state index contributed by atoms with van der Waals surface area (Å²) in [5.74, 6) is 0. The van der Waals surface area contributed by atoms with Crippen molar-refractivity contribution >= 4 is 0 Å². The van der Waals surface area contributed by atoms with E-state index < -0.39 is 0 Å². The normalized spacial score (nSPS) is 18.1. The Morgan fingerprint density at radius 3 is 3.07 bits per heavy atom. The minimum Gasteiger partial charge on any atom is -0.504 e. The largest absolute Gasteiger partial charge is 0.504 e. The fraction of sp³-hybridized carbons (Fsp3) is 0.333. The summed E-state index contributed by atoms with van der Waals surface area (Å²) in [6.45, 7) is 5.81. The molecule has 0 amide bonds. The molecular formula is C12H17NO. The molecule has 1 aliphatic heterocycles. The lowest BCUT2D eigenvalue weighted by Gasteiger charge is -2.14. The molecule has 2 nitrogen and oxygen atoms in total. The first-order chi connectivity index (χ1) is 6.88. The minimum atomic E-state index is 0.953. The van der Waals surface area contributed by atoms with Crippen LogP contribution in [-0.4, -0.2) is 20.2 Å². The number of hydrogen-bond acceptors (Lipinski definition) is 2. The maximum absolute atomic E-state index is 4.83. The van der Waals surface area contributed by atoms with Crippen molar-refractivity contribution < 1.29 is 4.74 Å². The molecule has 0 atom stereocenters. The van der Waals surface area contributed by atoms with E-state index in [1.165, 1.54) is 11.1 Å². The molecule has 76 valence electrons. The van der Waals surface area contributed by atoms with E-state index in [0.29, 0.717) is 0 Å². The van der Waals surface area contributed by atoms with Crippen LogP contribution < -0.4 is 5.32 Å². The Balaban J connectivity index is 2.69. The van der Waals surface area contributed by atoms with Gasteiger partial charge in [-0.15, -0.1) is 0 Å². The Morgan fingerprint density at radius 1 is 1.64 bits per heavy atom. The fourth-order valence-corrected chi connectivity index (χ4v) is 1.41. The van der Waals surface area contributed by atoms with Gasteiger partial charge in [0.1, 0.15) is 0 Å². The van der Waals surface area contributed by atoms with Crippen molar-refractivity contribution in [3.8, 4) is 0 Å². The van der Waals surface area contributed by atoms with Gasteiger partial charge in [-0.2, -0.15) is 0 Å². The third kappa shape index (κ3) is 3.23. The molecule has 0 aromatic rings. The highest BCUT2D eigenvalue weighted by Crippen LogP contribution is 2.16. The van der Waals surface area contributed by atoms with Crippen LogP contribution in [0.4, 0.5) is 0 Å². The predicted octanol–water partition coefficient (Wildman–Crippen LogP) is 2.18. The monoisotopic (exact) mass is 191 g/mol. The number of hydrogen-bond donors (Lipinski definition) is 1. The standard InChI is InChI=1S/C12H17NO/c1-3-11(5-4-10-14-2)12-6-8-13-9-7-12/h3-6,10,13H,1,7-9H2,2H3/b10-4+,11-5+. The number of nitrogens with one attached hydrogen (secondary N) is 1. The average Bonchev–Trinajstić information content (AvgIpc) is 2.26. The highest BCUT2D eigenvalue weighted by Gasteiger charge is 2.04. The van der Waals surface area contributed by atoms with Crippen LogP contribution in [0.1, 0.15) is 6.42 Å². The molecule has 0 aromatic carbocycles. The van der Waals surface area contributed by atoms with Crippen LogP contribution in [0, 0.1) is 0 Å². The zero-order valence-electron chi connectivity index (χ0n) is 8.62. The highest BCUT2D eigenvalue weighted by molar-refractivity contribution is 5.41. The molecule has 1 heterocycles. The van der Waals surface area contributed by atoms with Crippen molar-refractivity contribution in [1.29, 1.82) is 0 Å². The molecule has 0 bridgehead atoms. The van der Waals surface area contributed by atoms with Gasteiger partial charge in [0.25, 0.3) is 0 Å². The summed E-state index contributed by atoms with van der Waals surface area (Å²) in [4.78, 5) is 0. The summed E-state index contributed by atoms with van der Waals surface area (Å²) in [5, 5.41) is 3.28. The van der Waals surface area contributed by atoms with Crippen molar-refractivity contribution in [2.75, 3.05) is 20.2 Å². The summed E-state index contributed by atoms with van der Waals surface area (Å²) in [5.41, 5.74) is 2.54. The van der Waals surface area contributed by atoms with E-state index >= 15 is 0 Å². The maximum Gasteiger partial charge on any atom is 0.0824 e. The van der Waals surface area contributed by atoms with Gasteiger partial charge in [-0.1, -0.05) is 24.8 Å². The predicted molar refractivity (Wildman–Crippen MR) is 60.0 cm³/mol. The van der Waals surface area contributed by atoms with Crippen molar-refractivity contribution in [1.82, 2.24) is 5.32 Å². The zero-order chi connectivity index (χ0) is 10.2. The second kappa shape index (κ2) is 6.22. The lowest BCUT2D eigenvalue weighted by Crippen LogP contribution is -2.20. The van der Waals surface area contributed by atoms with E-state index in [0.717, 1.165) is 19.5 Å². The second-order valence-corrected chi connectivity index (χ2v) is 3.07. The molecule has 1 N–H and O–H groups in total. The van der Waals surface area contributed by atoms with E-state index in [1.807, 2.05) is 18.2 Å². The second-order valence-electron chi connectivity index (χ2n) is 3.07. The van der Waals surface area contributed by atoms with Gasteiger partial charge in [0, 0.05) is 6.54 Å². The van der Waals surface area contributed by atoms with E-state index in [1.54, 1.807) is 13.4 Å². The Morgan fingerprint density at radius 2 is 2.50 bits per heavy atom. The molecule has 2 heteroatoms. The van der Waals surface area contributed by atoms with Gasteiger partial charge in [0.15, 0.2) is 0 Å². The fourth-order valence-electron chi connectivity index (χ4n) is 1.41. The Bertz CT molecular complexity index is 274. The van der Waals surface area contributed by atoms with Crippen molar-refractivity contribution in [2.24, 2.45) is 0 Å². The van der Waals surface area contributed by atoms with Gasteiger partial charge in [-0.25, -0.2) is 0 Å². The lowest BCUT2D eigenvalue weighted by molar-refractivity contribution is 0.338. The first kappa shape index (κ1) is 10.8. The molecule has 0 spiro atoms. The van der Waals surface area contributed by atoms with Gasteiger partial charge in [-0.3, -0.25) is 0 Å². The molecule has 1 rings (SSSR count). The maximum atomic E-state index is 4.83. The van der Waals surface area contributed by atoms with E-state index in [4.69, 9.17) is 4.74 Å². The number of rotatable bonds is 4. The van der Waals surface area contributed by atoms with Crippen molar-refractivity contribution in [3.63, 3.8) is 0 Å². The Hall–Kier alpha value is -1.28. The van der Waals surface area contributed by atoms with E-state index in [9.17, 15) is 0 Å². The first-order valence-corrected chi connectivity index (χ1v) is 4.80. The molecular weight excluding hydrogens is 174 g/mol. The van der Waals surface area contributed by atoms with Crippen LogP contribution in [0.5, 0.6) is 0 Å². The minimum absolute atomic E-state index is 0.953. The highest BCUT2D eigenvalue weighted by atomic mass is 16.5. The SMILES string of the molecule is C=C/C(=C\C=C\OC)C1=CCNCC1. The van der Waals surface area contributed by atoms with Crippen LogP contribution >= 0.6 is 0 Å². The topological polar surface area (TPSA) is 21.3 Å². The molecule has 0 saturated heterocycles. The summed E-state index contributed by atoms with van der Waals surface area (Å²) in [6.07, 6.45) is 10.7. The first-order valence-electron chi connectivity index (χ1n) is 4.80. The summed E-state index contributed by atoms with van der Waals surface area (Å²) < 4.78 is 4.83. The van der Waals surface area contributed by atoms with Crippen LogP contribution in [0.15, 0.2) is 48.3 Å². The molecule has 0 radical (unpaired) electrons. The summed E-state index contributed by atoms with van der Waals surface area (Å²) >= 11 is 0. The van der Waals surface area contributed by atoms with Crippen molar-refractivity contribution in [3.05, 3.63) is 48.3 Å². The van der Waals surface area contributed by atoms with Gasteiger partial charge >= 0.3 is 0 Å². The van der Waals surface area contributed by atoms with Gasteiger partial charge in [0.05, 0.1) is 13.4 Å². The smallest absolute Gasteiger partial charge is 0.0824 e. The molecule has 0 saturated carbocycles. The number of methoxy groups -OCH3 is 1. The molecule has 0 aliphatic carbocycles. The Kier molecular flexibility index (Phi) is 4.79. The zero-order valence-corrected chi connectivity index (χ0v) is 8.62. The average molecular weight is 191 g/mol. The number of allylic oxidation sites excluding steroid dienone is 4. The van der Waals surface area contributed by atoms with Gasteiger partial charge in [0.2, 0.25) is 0 Å². The van der Waals surface area contributed by atoms with Crippen molar-refractivity contribution in [2.45, 2.75) is 6.42 Å². The van der Waals surface area contributed by atoms with Crippen LogP contribution in [0.3, 0.4) is 0 Å². The van der Waals surface area contributed by atoms with E-state index in [-0.39, 0.29) is 0 Å². The van der Waals surface area contributed by atoms with Gasteiger partial charge < -0.3 is 10.1 Å². The van der Waals surface area contributed by atoms with Crippen LogP contribution in [-0.2, 0) is 4.74 Å². The lowest BCUT2D eigenvalue weighted by atomic mass is 10.00. The molecule has 0 unspecified atom stereocenters. The van der Waals surface area contributed by atoms with Crippen LogP contribution in [0.25, 0.3) is 0 Å². The molecule has 0 fully saturated rings. The number of ether oxygens (including phenoxy) is 1.